The number of hydrogen-bond donors (Lipinski definition) is 3. The third-order valence-electron chi connectivity index (χ3n) is 5.16. The number of aliphatic hydroxyl groups is 1. The first kappa shape index (κ1) is 23.1. The molecular formula is C22H25F2N5O3S. The third kappa shape index (κ3) is 5.67. The van der Waals surface area contributed by atoms with Crippen LogP contribution in [0.15, 0.2) is 36.7 Å². The fraction of sp³-hybridized carbons (Fsp3) is 0.318. The zero-order valence-electron chi connectivity index (χ0n) is 18.1. The molecule has 2 aromatic carbocycles. The molecule has 2 heterocycles. The van der Waals surface area contributed by atoms with Crippen molar-refractivity contribution in [2.75, 3.05) is 42.5 Å². The van der Waals surface area contributed by atoms with Gasteiger partial charge in [0.05, 0.1) is 28.9 Å². The van der Waals surface area contributed by atoms with Crippen LogP contribution in [-0.4, -0.2) is 68.7 Å². The number of halogens is 2. The lowest BCUT2D eigenvalue weighted by molar-refractivity contribution is 0.181. The summed E-state index contributed by atoms with van der Waals surface area (Å²) in [5.74, 6) is 2.88. The quantitative estimate of drug-likeness (QED) is 0.429. The summed E-state index contributed by atoms with van der Waals surface area (Å²) in [4.78, 5) is 10.3. The molecule has 8 nitrogen and oxygen atoms in total. The van der Waals surface area contributed by atoms with Gasteiger partial charge in [0, 0.05) is 41.7 Å². The molecule has 3 aromatic rings. The zero-order valence-corrected chi connectivity index (χ0v) is 18.9. The maximum Gasteiger partial charge on any atom is 0.146 e. The minimum atomic E-state index is -2.60. The molecule has 1 aliphatic heterocycles. The number of nitrogens with zero attached hydrogens (tertiary/aromatic N) is 3. The molecule has 1 aliphatic rings. The molecule has 0 aliphatic carbocycles. The van der Waals surface area contributed by atoms with Crippen molar-refractivity contribution in [2.45, 2.75) is 12.5 Å². The summed E-state index contributed by atoms with van der Waals surface area (Å²) in [6.45, 7) is 2.01. The van der Waals surface area contributed by atoms with E-state index in [1.54, 1.807) is 6.07 Å². The van der Waals surface area contributed by atoms with E-state index in [-0.39, 0.29) is 35.4 Å². The van der Waals surface area contributed by atoms with E-state index in [2.05, 4.69) is 30.8 Å². The second-order valence-corrected chi connectivity index (χ2v) is 10.2. The first-order chi connectivity index (χ1) is 15.7. The zero-order chi connectivity index (χ0) is 23.6. The van der Waals surface area contributed by atoms with Crippen LogP contribution in [0.2, 0.25) is 0 Å². The van der Waals surface area contributed by atoms with Crippen LogP contribution in [0.25, 0.3) is 10.9 Å². The van der Waals surface area contributed by atoms with E-state index in [4.69, 9.17) is 9.84 Å². The highest BCUT2D eigenvalue weighted by atomic mass is 32.2. The number of nitrogens with one attached hydrogen (secondary N) is 2. The summed E-state index contributed by atoms with van der Waals surface area (Å²) in [6.07, 6.45) is 3.25. The van der Waals surface area contributed by atoms with Crippen LogP contribution in [0, 0.1) is 11.6 Å². The van der Waals surface area contributed by atoms with Crippen molar-refractivity contribution in [3.8, 4) is 5.75 Å². The van der Waals surface area contributed by atoms with E-state index in [0.29, 0.717) is 24.3 Å². The van der Waals surface area contributed by atoms with E-state index in [9.17, 15) is 8.60 Å². The first-order valence-corrected chi connectivity index (χ1v) is 12.5. The summed E-state index contributed by atoms with van der Waals surface area (Å²) in [7, 11) is -2.60. The molecule has 0 amide bonds. The monoisotopic (exact) mass is 477 g/mol. The normalized spacial score (nSPS) is 18.2. The second kappa shape index (κ2) is 9.46. The molecule has 176 valence electrons. The molecule has 0 spiro atoms. The van der Waals surface area contributed by atoms with Gasteiger partial charge in [-0.3, -0.25) is 4.90 Å². The Labute approximate surface area is 190 Å². The Morgan fingerprint density at radius 3 is 2.88 bits per heavy atom. The molecule has 2 atom stereocenters. The van der Waals surface area contributed by atoms with Crippen molar-refractivity contribution in [1.82, 2.24) is 14.9 Å². The number of aliphatic hydroxyl groups excluding tert-OH is 1. The highest BCUT2D eigenvalue weighted by Gasteiger charge is 2.24. The van der Waals surface area contributed by atoms with Crippen LogP contribution >= 0.6 is 0 Å². The first-order valence-electron chi connectivity index (χ1n) is 10.3. The molecule has 0 radical (unpaired) electrons. The summed E-state index contributed by atoms with van der Waals surface area (Å²) < 4.78 is 49.6. The van der Waals surface area contributed by atoms with Crippen LogP contribution in [0.3, 0.4) is 0 Å². The van der Waals surface area contributed by atoms with E-state index in [0.717, 1.165) is 13.0 Å². The highest BCUT2D eigenvalue weighted by Crippen LogP contribution is 2.34. The number of ether oxygens (including phenoxy) is 1. The standard InChI is InChI=1S/C22H25F2N5O3S/c1-33(2,31)28-15-10-17(24)21-19(11-15)25-13-26-22(21)27-18-4-3-14(23)9-20(18)32-16-5-6-29(12-16)7-8-30/h3-4,9-11,13,16,30H,1,5-8,12H2,2H3,(H,28,31)(H,25,26,27). The van der Waals surface area contributed by atoms with Gasteiger partial charge < -0.3 is 19.9 Å². The van der Waals surface area contributed by atoms with Crippen LogP contribution < -0.4 is 14.8 Å². The van der Waals surface area contributed by atoms with Crippen LogP contribution in [-0.2, 0) is 9.71 Å². The lowest BCUT2D eigenvalue weighted by Gasteiger charge is -2.19. The summed E-state index contributed by atoms with van der Waals surface area (Å²) in [5, 5.41) is 12.3. The topological polar surface area (TPSA) is 99.6 Å². The average Bonchev–Trinajstić information content (AvgIpc) is 3.16. The van der Waals surface area contributed by atoms with E-state index in [1.165, 1.54) is 36.8 Å². The summed E-state index contributed by atoms with van der Waals surface area (Å²) in [5.41, 5.74) is 0.998. The molecule has 33 heavy (non-hydrogen) atoms. The minimum Gasteiger partial charge on any atom is -0.487 e. The maximum atomic E-state index is 15.0. The lowest BCUT2D eigenvalue weighted by Crippen LogP contribution is -2.27. The predicted octanol–water partition coefficient (Wildman–Crippen LogP) is 2.77. The average molecular weight is 478 g/mol. The molecule has 1 aromatic heterocycles. The van der Waals surface area contributed by atoms with Gasteiger partial charge >= 0.3 is 0 Å². The third-order valence-corrected chi connectivity index (χ3v) is 5.83. The number of anilines is 3. The van der Waals surface area contributed by atoms with Gasteiger partial charge in [-0.15, -0.1) is 0 Å². The largest absolute Gasteiger partial charge is 0.487 e. The maximum absolute atomic E-state index is 15.0. The van der Waals surface area contributed by atoms with Crippen LogP contribution in [0.4, 0.5) is 26.0 Å². The van der Waals surface area contributed by atoms with Gasteiger partial charge in [0.1, 0.15) is 35.6 Å². The Balaban J connectivity index is 1.63. The number of β-amino-alcohol motifs (C(OH)–C–C–N with tert-alkyl or cyclic N) is 1. The number of benzene rings is 2. The summed E-state index contributed by atoms with van der Waals surface area (Å²) in [6, 6.07) is 6.79. The second-order valence-electron chi connectivity index (χ2n) is 8.00. The smallest absolute Gasteiger partial charge is 0.146 e. The molecule has 4 rings (SSSR count). The predicted molar refractivity (Wildman–Crippen MR) is 127 cm³/mol. The molecule has 3 N–H and O–H groups in total. The minimum absolute atomic E-state index is 0.0627. The van der Waals surface area contributed by atoms with Gasteiger partial charge in [-0.05, 0) is 36.6 Å². The Bertz CT molecular complexity index is 1270. The molecule has 1 saturated heterocycles. The Morgan fingerprint density at radius 2 is 2.12 bits per heavy atom. The van der Waals surface area contributed by atoms with Gasteiger partial charge in [0.25, 0.3) is 0 Å². The SMILES string of the molecule is C=S(C)(=O)Nc1cc(F)c2c(Nc3ccc(F)cc3OC3CCN(CCO)C3)ncnc2c1. The van der Waals surface area contributed by atoms with Gasteiger partial charge in [-0.1, -0.05) is 0 Å². The number of hydrogen-bond acceptors (Lipinski definition) is 7. The lowest BCUT2D eigenvalue weighted by atomic mass is 10.2. The fourth-order valence-corrected chi connectivity index (χ4v) is 4.40. The van der Waals surface area contributed by atoms with Crippen molar-refractivity contribution in [3.05, 3.63) is 48.3 Å². The van der Waals surface area contributed by atoms with E-state index in [1.807, 2.05) is 0 Å². The molecule has 0 saturated carbocycles. The number of aromatic nitrogens is 2. The number of fused-ring (bicyclic) bond motifs is 1. The van der Waals surface area contributed by atoms with Gasteiger partial charge in [0.2, 0.25) is 0 Å². The van der Waals surface area contributed by atoms with Crippen LogP contribution in [0.1, 0.15) is 6.42 Å². The van der Waals surface area contributed by atoms with Crippen molar-refractivity contribution in [1.29, 1.82) is 0 Å². The van der Waals surface area contributed by atoms with Crippen LogP contribution in [0.5, 0.6) is 5.75 Å². The van der Waals surface area contributed by atoms with E-state index < -0.39 is 21.3 Å². The van der Waals surface area contributed by atoms with Gasteiger partial charge in [0.15, 0.2) is 0 Å². The highest BCUT2D eigenvalue weighted by molar-refractivity contribution is 8.00. The van der Waals surface area contributed by atoms with Gasteiger partial charge in [-0.2, -0.15) is 0 Å². The molecular weight excluding hydrogens is 452 g/mol. The molecule has 0 bridgehead atoms. The fourth-order valence-electron chi connectivity index (χ4n) is 3.79. The molecule has 11 heteroatoms. The molecule has 2 unspecified atom stereocenters. The Hall–Kier alpha value is -3.02. The number of rotatable bonds is 8. The van der Waals surface area contributed by atoms with Gasteiger partial charge in [-0.25, -0.2) is 23.0 Å². The van der Waals surface area contributed by atoms with Crippen molar-refractivity contribution >= 4 is 43.7 Å². The van der Waals surface area contributed by atoms with E-state index >= 15 is 4.39 Å². The van der Waals surface area contributed by atoms with Crippen molar-refractivity contribution < 1.29 is 22.8 Å². The Kier molecular flexibility index (Phi) is 6.63. The van der Waals surface area contributed by atoms with Crippen molar-refractivity contribution in [2.24, 2.45) is 0 Å². The molecule has 1 fully saturated rings. The number of likely N-dealkylation sites (tertiary alicyclic amines) is 1. The summed E-state index contributed by atoms with van der Waals surface area (Å²) >= 11 is 0. The van der Waals surface area contributed by atoms with Crippen molar-refractivity contribution in [3.63, 3.8) is 0 Å². The Morgan fingerprint density at radius 1 is 1.30 bits per heavy atom.